The first kappa shape index (κ1) is 13.5. The molecule has 0 radical (unpaired) electrons. The summed E-state index contributed by atoms with van der Waals surface area (Å²) in [6.07, 6.45) is 1.47. The van der Waals surface area contributed by atoms with Crippen LogP contribution < -0.4 is 10.9 Å². The molecule has 0 unspecified atom stereocenters. The zero-order valence-electron chi connectivity index (χ0n) is 11.4. The van der Waals surface area contributed by atoms with E-state index in [1.807, 2.05) is 0 Å². The minimum Gasteiger partial charge on any atom is -0.373 e. The monoisotopic (exact) mass is 305 g/mol. The van der Waals surface area contributed by atoms with Crippen LogP contribution in [0.3, 0.4) is 0 Å². The quantitative estimate of drug-likeness (QED) is 0.764. The third kappa shape index (κ3) is 2.33. The van der Waals surface area contributed by atoms with Crippen molar-refractivity contribution in [2.75, 3.05) is 12.4 Å². The molecule has 0 bridgehead atoms. The van der Waals surface area contributed by atoms with Gasteiger partial charge >= 0.3 is 0 Å². The number of nitrogens with zero attached hydrogens (tertiary/aromatic N) is 6. The molecule has 3 heterocycles. The Labute approximate surface area is 124 Å². The maximum absolute atomic E-state index is 12.3. The highest BCUT2D eigenvalue weighted by atomic mass is 35.5. The number of anilines is 1. The zero-order valence-corrected chi connectivity index (χ0v) is 12.2. The lowest BCUT2D eigenvalue weighted by atomic mass is 10.3. The van der Waals surface area contributed by atoms with Crippen LogP contribution in [-0.2, 0) is 13.6 Å². The summed E-state index contributed by atoms with van der Waals surface area (Å²) in [6, 6.07) is 3.47. The summed E-state index contributed by atoms with van der Waals surface area (Å²) in [6.45, 7) is 0.144. The van der Waals surface area contributed by atoms with E-state index in [0.717, 1.165) is 0 Å². The minimum absolute atomic E-state index is 0.144. The summed E-state index contributed by atoms with van der Waals surface area (Å²) >= 11 is 6.11. The van der Waals surface area contributed by atoms with Crippen LogP contribution in [0, 0.1) is 0 Å². The van der Waals surface area contributed by atoms with Gasteiger partial charge in [0, 0.05) is 14.1 Å². The summed E-state index contributed by atoms with van der Waals surface area (Å²) in [5.41, 5.74) is 0.711. The molecule has 3 aromatic rings. The van der Waals surface area contributed by atoms with Gasteiger partial charge in [0.15, 0.2) is 5.65 Å². The summed E-state index contributed by atoms with van der Waals surface area (Å²) in [4.78, 5) is 16.7. The molecule has 0 atom stereocenters. The highest BCUT2D eigenvalue weighted by Crippen LogP contribution is 2.17. The van der Waals surface area contributed by atoms with Gasteiger partial charge in [-0.15, -0.1) is 5.10 Å². The van der Waals surface area contributed by atoms with Crippen LogP contribution >= 0.6 is 11.6 Å². The first-order valence-corrected chi connectivity index (χ1v) is 6.56. The number of halogens is 1. The number of pyridine rings is 1. The first-order chi connectivity index (χ1) is 10.1. The van der Waals surface area contributed by atoms with Crippen LogP contribution in [0.5, 0.6) is 0 Å². The van der Waals surface area contributed by atoms with Crippen LogP contribution in [0.1, 0.15) is 5.69 Å². The number of hydrogen-bond donors (Lipinski definition) is 1. The van der Waals surface area contributed by atoms with E-state index >= 15 is 0 Å². The van der Waals surface area contributed by atoms with Crippen molar-refractivity contribution in [2.24, 2.45) is 7.05 Å². The molecule has 0 aliphatic rings. The van der Waals surface area contributed by atoms with Crippen molar-refractivity contribution in [3.05, 3.63) is 39.4 Å². The molecule has 0 amide bonds. The van der Waals surface area contributed by atoms with Crippen molar-refractivity contribution >= 4 is 28.5 Å². The molecule has 108 valence electrons. The lowest BCUT2D eigenvalue weighted by Gasteiger charge is -2.07. The van der Waals surface area contributed by atoms with E-state index in [2.05, 4.69) is 25.7 Å². The summed E-state index contributed by atoms with van der Waals surface area (Å²) < 4.78 is 2.72. The molecule has 1 N–H and O–H groups in total. The Morgan fingerprint density at radius 1 is 1.38 bits per heavy atom. The predicted molar refractivity (Wildman–Crippen MR) is 78.5 cm³/mol. The van der Waals surface area contributed by atoms with Gasteiger partial charge in [-0.1, -0.05) is 16.8 Å². The van der Waals surface area contributed by atoms with E-state index in [1.54, 1.807) is 26.2 Å². The molecule has 0 saturated carbocycles. The van der Waals surface area contributed by atoms with E-state index < -0.39 is 0 Å². The van der Waals surface area contributed by atoms with Crippen LogP contribution in [0.4, 0.5) is 5.82 Å². The van der Waals surface area contributed by atoms with Crippen molar-refractivity contribution in [2.45, 2.75) is 6.54 Å². The molecule has 21 heavy (non-hydrogen) atoms. The SMILES string of the molecule is CNc1ccc(Cl)c(Cn2nnc3c(cnn3C)c2=O)n1. The molecule has 0 fully saturated rings. The normalized spacial score (nSPS) is 11.0. The maximum atomic E-state index is 12.3. The van der Waals surface area contributed by atoms with Gasteiger partial charge in [-0.05, 0) is 12.1 Å². The van der Waals surface area contributed by atoms with Crippen LogP contribution in [0.2, 0.25) is 5.02 Å². The third-order valence-electron chi connectivity index (χ3n) is 3.09. The maximum Gasteiger partial charge on any atom is 0.281 e. The fourth-order valence-electron chi connectivity index (χ4n) is 1.96. The molecule has 0 aromatic carbocycles. The largest absolute Gasteiger partial charge is 0.373 e. The Hall–Kier alpha value is -2.48. The second kappa shape index (κ2) is 5.13. The Balaban J connectivity index is 2.06. The standard InChI is InChI=1S/C12H12ClN7O/c1-14-10-4-3-8(13)9(16-10)6-20-12(21)7-5-15-19(2)11(7)17-18-20/h3-5H,6H2,1-2H3,(H,14,16). The van der Waals surface area contributed by atoms with Gasteiger partial charge in [-0.3, -0.25) is 4.79 Å². The van der Waals surface area contributed by atoms with Crippen molar-refractivity contribution in [1.29, 1.82) is 0 Å². The molecule has 9 heteroatoms. The van der Waals surface area contributed by atoms with E-state index in [1.165, 1.54) is 15.6 Å². The highest BCUT2D eigenvalue weighted by molar-refractivity contribution is 6.31. The van der Waals surface area contributed by atoms with Crippen molar-refractivity contribution in [3.8, 4) is 0 Å². The summed E-state index contributed by atoms with van der Waals surface area (Å²) in [7, 11) is 3.46. The zero-order chi connectivity index (χ0) is 15.0. The highest BCUT2D eigenvalue weighted by Gasteiger charge is 2.12. The van der Waals surface area contributed by atoms with Gasteiger partial charge in [0.05, 0.1) is 23.5 Å². The Morgan fingerprint density at radius 2 is 2.19 bits per heavy atom. The van der Waals surface area contributed by atoms with Crippen molar-refractivity contribution < 1.29 is 0 Å². The Kier molecular flexibility index (Phi) is 3.30. The number of aromatic nitrogens is 6. The van der Waals surface area contributed by atoms with Gasteiger partial charge < -0.3 is 5.32 Å². The van der Waals surface area contributed by atoms with E-state index in [-0.39, 0.29) is 12.1 Å². The first-order valence-electron chi connectivity index (χ1n) is 6.19. The van der Waals surface area contributed by atoms with E-state index in [0.29, 0.717) is 27.6 Å². The molecule has 0 aliphatic carbocycles. The number of rotatable bonds is 3. The van der Waals surface area contributed by atoms with Crippen LogP contribution in [0.25, 0.3) is 11.0 Å². The lowest BCUT2D eigenvalue weighted by molar-refractivity contribution is 0.587. The van der Waals surface area contributed by atoms with Crippen LogP contribution in [-0.4, -0.2) is 36.8 Å². The number of nitrogens with one attached hydrogen (secondary N) is 1. The van der Waals surface area contributed by atoms with Crippen molar-refractivity contribution in [1.82, 2.24) is 29.8 Å². The predicted octanol–water partition coefficient (Wildman–Crippen LogP) is 0.663. The Bertz CT molecular complexity index is 870. The number of hydrogen-bond acceptors (Lipinski definition) is 6. The lowest BCUT2D eigenvalue weighted by Crippen LogP contribution is -2.25. The fourth-order valence-corrected chi connectivity index (χ4v) is 2.12. The smallest absolute Gasteiger partial charge is 0.281 e. The fraction of sp³-hybridized carbons (Fsp3) is 0.250. The van der Waals surface area contributed by atoms with Gasteiger partial charge in [-0.2, -0.15) is 5.10 Å². The minimum atomic E-state index is -0.277. The molecule has 3 rings (SSSR count). The molecule has 0 spiro atoms. The van der Waals surface area contributed by atoms with E-state index in [9.17, 15) is 4.79 Å². The van der Waals surface area contributed by atoms with Gasteiger partial charge in [0.25, 0.3) is 5.56 Å². The van der Waals surface area contributed by atoms with Gasteiger partial charge in [0.2, 0.25) is 0 Å². The summed E-state index contributed by atoms with van der Waals surface area (Å²) in [5, 5.41) is 15.7. The molecule has 0 aliphatic heterocycles. The van der Waals surface area contributed by atoms with Gasteiger partial charge in [0.1, 0.15) is 11.2 Å². The molecular formula is C12H12ClN7O. The van der Waals surface area contributed by atoms with E-state index in [4.69, 9.17) is 11.6 Å². The second-order valence-electron chi connectivity index (χ2n) is 4.43. The Morgan fingerprint density at radius 3 is 2.95 bits per heavy atom. The molecular weight excluding hydrogens is 294 g/mol. The third-order valence-corrected chi connectivity index (χ3v) is 3.44. The average molecular weight is 306 g/mol. The topological polar surface area (TPSA) is 90.5 Å². The number of aryl methyl sites for hydroxylation is 1. The van der Waals surface area contributed by atoms with Crippen molar-refractivity contribution in [3.63, 3.8) is 0 Å². The van der Waals surface area contributed by atoms with Gasteiger partial charge in [-0.25, -0.2) is 14.3 Å². The average Bonchev–Trinajstić information content (AvgIpc) is 2.86. The number of fused-ring (bicyclic) bond motifs is 1. The summed E-state index contributed by atoms with van der Waals surface area (Å²) in [5.74, 6) is 0.665. The second-order valence-corrected chi connectivity index (χ2v) is 4.84. The molecule has 8 nitrogen and oxygen atoms in total. The molecule has 3 aromatic heterocycles. The van der Waals surface area contributed by atoms with Crippen LogP contribution in [0.15, 0.2) is 23.1 Å². The molecule has 0 saturated heterocycles.